The van der Waals surface area contributed by atoms with Gasteiger partial charge in [-0.15, -0.1) is 0 Å². The average molecular weight is 284 g/mol. The van der Waals surface area contributed by atoms with Crippen molar-refractivity contribution >= 4 is 6.09 Å². The van der Waals surface area contributed by atoms with Gasteiger partial charge < -0.3 is 10.1 Å². The van der Waals surface area contributed by atoms with Gasteiger partial charge in [0.25, 0.3) is 0 Å². The number of piperidine rings is 1. The standard InChI is InChI=1S/C16H32N2O2/c1-15(2,3)18-11-8-13(9-12-18)7-10-17-14(19)20-16(4,5)6/h13H,7-12H2,1-6H3,(H,17,19). The van der Waals surface area contributed by atoms with Gasteiger partial charge in [-0.3, -0.25) is 4.90 Å². The van der Waals surface area contributed by atoms with Gasteiger partial charge in [-0.05, 0) is 79.8 Å². The molecule has 4 heteroatoms. The summed E-state index contributed by atoms with van der Waals surface area (Å²) in [5, 5.41) is 2.85. The zero-order valence-corrected chi connectivity index (χ0v) is 14.1. The summed E-state index contributed by atoms with van der Waals surface area (Å²) in [6, 6.07) is 0. The van der Waals surface area contributed by atoms with E-state index < -0.39 is 5.60 Å². The molecular weight excluding hydrogens is 252 g/mol. The number of nitrogens with one attached hydrogen (secondary N) is 1. The van der Waals surface area contributed by atoms with Crippen molar-refractivity contribution in [3.05, 3.63) is 0 Å². The highest BCUT2D eigenvalue weighted by Gasteiger charge is 2.26. The molecule has 1 fully saturated rings. The maximum atomic E-state index is 11.5. The van der Waals surface area contributed by atoms with Crippen molar-refractivity contribution in [3.63, 3.8) is 0 Å². The largest absolute Gasteiger partial charge is 0.444 e. The Morgan fingerprint density at radius 3 is 2.15 bits per heavy atom. The summed E-state index contributed by atoms with van der Waals surface area (Å²) in [4.78, 5) is 14.1. The maximum Gasteiger partial charge on any atom is 0.407 e. The van der Waals surface area contributed by atoms with Crippen LogP contribution in [0.25, 0.3) is 0 Å². The summed E-state index contributed by atoms with van der Waals surface area (Å²) in [5.74, 6) is 0.725. The van der Waals surface area contributed by atoms with Gasteiger partial charge in [-0.2, -0.15) is 0 Å². The van der Waals surface area contributed by atoms with E-state index in [1.807, 2.05) is 20.8 Å². The van der Waals surface area contributed by atoms with Crippen molar-refractivity contribution in [2.75, 3.05) is 19.6 Å². The molecule has 20 heavy (non-hydrogen) atoms. The minimum absolute atomic E-state index is 0.278. The van der Waals surface area contributed by atoms with Crippen LogP contribution in [0.4, 0.5) is 4.79 Å². The first-order chi connectivity index (χ1) is 9.08. The number of nitrogens with zero attached hydrogens (tertiary/aromatic N) is 1. The van der Waals surface area contributed by atoms with Crippen molar-refractivity contribution in [2.45, 2.75) is 71.9 Å². The number of ether oxygens (including phenoxy) is 1. The van der Waals surface area contributed by atoms with Crippen molar-refractivity contribution in [2.24, 2.45) is 5.92 Å². The smallest absolute Gasteiger partial charge is 0.407 e. The van der Waals surface area contributed by atoms with E-state index in [1.165, 1.54) is 25.9 Å². The summed E-state index contributed by atoms with van der Waals surface area (Å²) in [6.45, 7) is 15.5. The first-order valence-electron chi connectivity index (χ1n) is 7.80. The van der Waals surface area contributed by atoms with Crippen LogP contribution < -0.4 is 5.32 Å². The minimum Gasteiger partial charge on any atom is -0.444 e. The normalized spacial score (nSPS) is 18.9. The number of hydrogen-bond donors (Lipinski definition) is 1. The summed E-state index contributed by atoms with van der Waals surface area (Å²) in [6.07, 6.45) is 3.21. The molecule has 1 rings (SSSR count). The van der Waals surface area contributed by atoms with Crippen molar-refractivity contribution in [1.29, 1.82) is 0 Å². The lowest BCUT2D eigenvalue weighted by Crippen LogP contribution is -2.46. The maximum absolute atomic E-state index is 11.5. The third-order valence-corrected chi connectivity index (χ3v) is 3.78. The van der Waals surface area contributed by atoms with E-state index in [4.69, 9.17) is 4.74 Å². The topological polar surface area (TPSA) is 41.6 Å². The van der Waals surface area contributed by atoms with E-state index in [1.54, 1.807) is 0 Å². The molecule has 1 amide bonds. The highest BCUT2D eigenvalue weighted by molar-refractivity contribution is 5.67. The molecule has 118 valence electrons. The Kier molecular flexibility index (Phi) is 5.87. The molecule has 0 aromatic heterocycles. The Morgan fingerprint density at radius 2 is 1.70 bits per heavy atom. The molecule has 4 nitrogen and oxygen atoms in total. The second-order valence-corrected chi connectivity index (χ2v) is 7.82. The zero-order chi connectivity index (χ0) is 15.4. The molecule has 0 aromatic carbocycles. The predicted octanol–water partition coefficient (Wildman–Crippen LogP) is 3.41. The molecule has 0 aliphatic carbocycles. The second-order valence-electron chi connectivity index (χ2n) is 7.82. The zero-order valence-electron chi connectivity index (χ0n) is 14.1. The van der Waals surface area contributed by atoms with E-state index in [0.29, 0.717) is 0 Å². The lowest BCUT2D eigenvalue weighted by Gasteiger charge is -2.41. The Balaban J connectivity index is 2.18. The average Bonchev–Trinajstić information content (AvgIpc) is 2.26. The van der Waals surface area contributed by atoms with Crippen LogP contribution in [-0.2, 0) is 4.74 Å². The fourth-order valence-corrected chi connectivity index (χ4v) is 2.58. The Morgan fingerprint density at radius 1 is 1.15 bits per heavy atom. The van der Waals surface area contributed by atoms with Crippen LogP contribution in [-0.4, -0.2) is 41.8 Å². The molecule has 1 aliphatic heterocycles. The Bertz CT molecular complexity index is 307. The van der Waals surface area contributed by atoms with Gasteiger partial charge in [0.1, 0.15) is 5.60 Å². The monoisotopic (exact) mass is 284 g/mol. The summed E-state index contributed by atoms with van der Waals surface area (Å²) in [7, 11) is 0. The van der Waals surface area contributed by atoms with Crippen LogP contribution in [0.5, 0.6) is 0 Å². The quantitative estimate of drug-likeness (QED) is 0.863. The molecule has 1 aliphatic rings. The molecular formula is C16H32N2O2. The highest BCUT2D eigenvalue weighted by atomic mass is 16.6. The molecule has 0 atom stereocenters. The molecule has 0 saturated carbocycles. The number of carbonyl (C=O) groups excluding carboxylic acids is 1. The number of carbonyl (C=O) groups is 1. The lowest BCUT2D eigenvalue weighted by molar-refractivity contribution is 0.0517. The lowest BCUT2D eigenvalue weighted by atomic mass is 9.91. The van der Waals surface area contributed by atoms with Gasteiger partial charge in [0.2, 0.25) is 0 Å². The first kappa shape index (κ1) is 17.3. The number of alkyl carbamates (subject to hydrolysis) is 1. The molecule has 0 aromatic rings. The minimum atomic E-state index is -0.415. The Hall–Kier alpha value is -0.770. The van der Waals surface area contributed by atoms with Crippen LogP contribution in [0, 0.1) is 5.92 Å². The van der Waals surface area contributed by atoms with Crippen molar-refractivity contribution in [1.82, 2.24) is 10.2 Å². The van der Waals surface area contributed by atoms with Gasteiger partial charge >= 0.3 is 6.09 Å². The fraction of sp³-hybridized carbons (Fsp3) is 0.938. The van der Waals surface area contributed by atoms with Crippen molar-refractivity contribution < 1.29 is 9.53 Å². The predicted molar refractivity (Wildman–Crippen MR) is 82.9 cm³/mol. The van der Waals surface area contributed by atoms with Crippen LogP contribution >= 0.6 is 0 Å². The third kappa shape index (κ3) is 6.60. The highest BCUT2D eigenvalue weighted by Crippen LogP contribution is 2.25. The number of amides is 1. The molecule has 0 unspecified atom stereocenters. The third-order valence-electron chi connectivity index (χ3n) is 3.78. The van der Waals surface area contributed by atoms with E-state index >= 15 is 0 Å². The van der Waals surface area contributed by atoms with Crippen LogP contribution in [0.3, 0.4) is 0 Å². The van der Waals surface area contributed by atoms with Gasteiger partial charge in [0.15, 0.2) is 0 Å². The second kappa shape index (κ2) is 6.79. The van der Waals surface area contributed by atoms with E-state index in [-0.39, 0.29) is 11.6 Å². The summed E-state index contributed by atoms with van der Waals surface area (Å²) in [5.41, 5.74) is -0.137. The molecule has 0 spiro atoms. The SMILES string of the molecule is CC(C)(C)OC(=O)NCCC1CCN(C(C)(C)C)CC1. The van der Waals surface area contributed by atoms with Gasteiger partial charge in [-0.1, -0.05) is 0 Å². The van der Waals surface area contributed by atoms with Gasteiger partial charge in [0, 0.05) is 12.1 Å². The van der Waals surface area contributed by atoms with Crippen LogP contribution in [0.15, 0.2) is 0 Å². The van der Waals surface area contributed by atoms with E-state index in [9.17, 15) is 4.79 Å². The van der Waals surface area contributed by atoms with Crippen molar-refractivity contribution in [3.8, 4) is 0 Å². The number of rotatable bonds is 3. The summed E-state index contributed by atoms with van der Waals surface area (Å²) >= 11 is 0. The van der Waals surface area contributed by atoms with Crippen LogP contribution in [0.1, 0.15) is 60.8 Å². The molecule has 0 radical (unpaired) electrons. The molecule has 1 N–H and O–H groups in total. The summed E-state index contributed by atoms with van der Waals surface area (Å²) < 4.78 is 5.23. The Labute approximate surface area is 124 Å². The number of likely N-dealkylation sites (tertiary alicyclic amines) is 1. The van der Waals surface area contributed by atoms with Gasteiger partial charge in [0.05, 0.1) is 0 Å². The molecule has 1 saturated heterocycles. The molecule has 0 bridgehead atoms. The molecule has 1 heterocycles. The van der Waals surface area contributed by atoms with Gasteiger partial charge in [-0.25, -0.2) is 4.79 Å². The van der Waals surface area contributed by atoms with E-state index in [2.05, 4.69) is 31.0 Å². The first-order valence-corrected chi connectivity index (χ1v) is 7.80. The van der Waals surface area contributed by atoms with Crippen LogP contribution in [0.2, 0.25) is 0 Å². The fourth-order valence-electron chi connectivity index (χ4n) is 2.58. The van der Waals surface area contributed by atoms with E-state index in [0.717, 1.165) is 18.9 Å². The number of hydrogen-bond acceptors (Lipinski definition) is 3.